The van der Waals surface area contributed by atoms with Crippen LogP contribution in [0.2, 0.25) is 0 Å². The van der Waals surface area contributed by atoms with Gasteiger partial charge in [-0.2, -0.15) is 26.3 Å². The van der Waals surface area contributed by atoms with Gasteiger partial charge in [-0.15, -0.1) is 0 Å². The van der Waals surface area contributed by atoms with Crippen molar-refractivity contribution in [3.63, 3.8) is 0 Å². The van der Waals surface area contributed by atoms with Crippen molar-refractivity contribution >= 4 is 53.7 Å². The van der Waals surface area contributed by atoms with Crippen LogP contribution in [-0.4, -0.2) is 167 Å². The average Bonchev–Trinajstić information content (AvgIpc) is 0.914. The minimum atomic E-state index is -4.78. The second-order valence-corrected chi connectivity index (χ2v) is 26.0. The van der Waals surface area contributed by atoms with Gasteiger partial charge in [-0.1, -0.05) is 82.3 Å². The third-order valence-corrected chi connectivity index (χ3v) is 14.4. The van der Waals surface area contributed by atoms with Crippen molar-refractivity contribution in [3.05, 3.63) is 107 Å². The first-order chi connectivity index (χ1) is 42.6. The van der Waals surface area contributed by atoms with Gasteiger partial charge in [0, 0.05) is 53.9 Å². The van der Waals surface area contributed by atoms with Gasteiger partial charge in [0.2, 0.25) is 0 Å². The molecule has 0 aliphatic rings. The smallest absolute Gasteiger partial charge is 0.416 e. The average molecular weight is 1330 g/mol. The largest absolute Gasteiger partial charge is 0.458 e. The van der Waals surface area contributed by atoms with E-state index in [0.29, 0.717) is 34.7 Å². The van der Waals surface area contributed by atoms with E-state index < -0.39 is 174 Å². The highest BCUT2D eigenvalue weighted by Crippen LogP contribution is 2.32. The molecule has 4 amide bonds. The fourth-order valence-electron chi connectivity index (χ4n) is 9.39. The molecule has 0 N–H and O–H groups in total. The second kappa shape index (κ2) is 33.3. The lowest BCUT2D eigenvalue weighted by molar-refractivity contribution is -0.176. The Balaban J connectivity index is 2.05. The van der Waals surface area contributed by atoms with Gasteiger partial charge in [0.25, 0.3) is 17.7 Å². The van der Waals surface area contributed by atoms with Crippen LogP contribution in [-0.2, 0) is 98.6 Å². The molecule has 0 heterocycles. The van der Waals surface area contributed by atoms with E-state index in [9.17, 15) is 69.5 Å². The number of carbonyl (C=O) groups is 9. The standard InChI is InChI=1S/C66H88F8N4O15/c1-38(2)31-47(75(14)55(81)52(34-43-25-29-46(30-26-43)66(72,73)74)92-60(86)50(36-64(12,13)68)78(17)61(87)93-62(7,8)9)57(83)89-40(5)53(79)77(16)49(35-63(10,11)67)59(85)91-51(33-42-23-27-45(28-24-42)65(69,70)71)54(80)76(15)48(32-39(3)4)58(84)90-41(6)56(82)88-37-44-21-19-18-20-22-44/h18-30,38-41,47-52H,31-37H2,1-17H3/t40-,41-,47+,48+,49+,50+,51-,52-/m1/s1. The van der Waals surface area contributed by atoms with Gasteiger partial charge in [0.1, 0.15) is 47.7 Å². The van der Waals surface area contributed by atoms with Crippen molar-refractivity contribution in [2.24, 2.45) is 11.8 Å². The van der Waals surface area contributed by atoms with Crippen LogP contribution in [0.4, 0.5) is 39.9 Å². The van der Waals surface area contributed by atoms with Crippen molar-refractivity contribution in [1.29, 1.82) is 0 Å². The summed E-state index contributed by atoms with van der Waals surface area (Å²) in [6, 6.07) is 8.60. The lowest BCUT2D eigenvalue weighted by Gasteiger charge is -2.35. The van der Waals surface area contributed by atoms with E-state index >= 15 is 8.78 Å². The molecule has 0 saturated carbocycles. The number of benzene rings is 3. The Bertz CT molecular complexity index is 3020. The molecule has 0 unspecified atom stereocenters. The molecular formula is C66H88F8N4O15. The number of halogens is 8. The predicted molar refractivity (Wildman–Crippen MR) is 323 cm³/mol. The summed E-state index contributed by atoms with van der Waals surface area (Å²) < 4.78 is 147. The van der Waals surface area contributed by atoms with Gasteiger partial charge in [-0.25, -0.2) is 37.5 Å². The fourth-order valence-corrected chi connectivity index (χ4v) is 9.39. The third-order valence-electron chi connectivity index (χ3n) is 14.4. The van der Waals surface area contributed by atoms with Crippen molar-refractivity contribution in [1.82, 2.24) is 19.6 Å². The Morgan fingerprint density at radius 1 is 0.409 bits per heavy atom. The summed E-state index contributed by atoms with van der Waals surface area (Å²) in [5.41, 5.74) is -7.03. The minimum Gasteiger partial charge on any atom is -0.458 e. The van der Waals surface area contributed by atoms with Crippen LogP contribution in [0.25, 0.3) is 0 Å². The zero-order valence-corrected chi connectivity index (χ0v) is 55.7. The number of nitrogens with zero attached hydrogens (tertiary/aromatic N) is 4. The van der Waals surface area contributed by atoms with Gasteiger partial charge >= 0.3 is 48.3 Å². The van der Waals surface area contributed by atoms with Crippen molar-refractivity contribution in [2.75, 3.05) is 28.2 Å². The van der Waals surface area contributed by atoms with Crippen LogP contribution in [0.3, 0.4) is 0 Å². The molecule has 93 heavy (non-hydrogen) atoms. The molecule has 3 aromatic carbocycles. The molecule has 0 aliphatic carbocycles. The molecule has 518 valence electrons. The van der Waals surface area contributed by atoms with E-state index in [1.165, 1.54) is 27.7 Å². The van der Waals surface area contributed by atoms with Crippen molar-refractivity contribution in [3.8, 4) is 0 Å². The Labute approximate surface area is 538 Å². The van der Waals surface area contributed by atoms with Crippen LogP contribution in [0.1, 0.15) is 144 Å². The van der Waals surface area contributed by atoms with E-state index in [-0.39, 0.29) is 36.5 Å². The molecule has 0 aliphatic heterocycles. The second-order valence-electron chi connectivity index (χ2n) is 26.0. The highest BCUT2D eigenvalue weighted by molar-refractivity contribution is 5.93. The van der Waals surface area contributed by atoms with Crippen LogP contribution >= 0.6 is 0 Å². The highest BCUT2D eigenvalue weighted by Gasteiger charge is 2.45. The van der Waals surface area contributed by atoms with Gasteiger partial charge in [0.05, 0.1) is 11.1 Å². The van der Waals surface area contributed by atoms with Gasteiger partial charge < -0.3 is 43.1 Å². The molecule has 0 radical (unpaired) electrons. The van der Waals surface area contributed by atoms with E-state index in [4.69, 9.17) is 28.4 Å². The summed E-state index contributed by atoms with van der Waals surface area (Å²) in [5, 5.41) is 0. The number of amides is 4. The quantitative estimate of drug-likeness (QED) is 0.0344. The summed E-state index contributed by atoms with van der Waals surface area (Å²) in [6.07, 6.45) is -21.2. The zero-order valence-electron chi connectivity index (χ0n) is 55.7. The summed E-state index contributed by atoms with van der Waals surface area (Å²) in [6.45, 7) is 17.7. The molecule has 0 saturated heterocycles. The van der Waals surface area contributed by atoms with Gasteiger partial charge in [-0.3, -0.25) is 19.3 Å². The maximum atomic E-state index is 15.9. The topological polar surface area (TPSA) is 222 Å². The van der Waals surface area contributed by atoms with Crippen molar-refractivity contribution < 1.29 is 107 Å². The summed E-state index contributed by atoms with van der Waals surface area (Å²) in [7, 11) is 4.39. The molecule has 8 atom stereocenters. The van der Waals surface area contributed by atoms with Gasteiger partial charge in [0.15, 0.2) is 24.4 Å². The van der Waals surface area contributed by atoms with Crippen LogP contribution in [0.15, 0.2) is 78.9 Å². The minimum absolute atomic E-state index is 0.00645. The molecule has 19 nitrogen and oxygen atoms in total. The number of hydrogen-bond donors (Lipinski definition) is 0. The number of alkyl halides is 8. The number of likely N-dealkylation sites (N-methyl/N-ethyl adjacent to an activating group) is 4. The highest BCUT2D eigenvalue weighted by atomic mass is 19.4. The monoisotopic (exact) mass is 1330 g/mol. The normalized spacial score (nSPS) is 14.8. The molecule has 3 aromatic rings. The van der Waals surface area contributed by atoms with Crippen molar-refractivity contribution in [2.45, 2.75) is 213 Å². The Morgan fingerprint density at radius 3 is 1.10 bits per heavy atom. The Kier molecular flexibility index (Phi) is 28.4. The molecule has 0 fully saturated rings. The van der Waals surface area contributed by atoms with E-state index in [0.717, 1.165) is 102 Å². The molecule has 0 aromatic heterocycles. The lowest BCUT2D eigenvalue weighted by atomic mass is 9.98. The van der Waals surface area contributed by atoms with Gasteiger partial charge in [-0.05, 0) is 128 Å². The number of esters is 5. The SMILES string of the molecule is CC(C)C[C@@H](C(=O)O[C@H](C)C(=O)N(C)[C@@H](CC(C)(C)F)C(=O)O[C@H](Cc1ccc(C(F)(F)F)cc1)C(=O)N(C)[C@@H](CC(C)C)C(=O)O[C@H](C)C(=O)OCc1ccccc1)N(C)C(=O)[C@@H](Cc1ccc(C(F)(F)F)cc1)OC(=O)[C@H](CC(C)(C)F)N(C)C(=O)OC(C)(C)C. The van der Waals surface area contributed by atoms with Crippen LogP contribution in [0, 0.1) is 11.8 Å². The third kappa shape index (κ3) is 25.9. The Hall–Kier alpha value is -7.87. The van der Waals surface area contributed by atoms with E-state index in [1.54, 1.807) is 58.0 Å². The predicted octanol–water partition coefficient (Wildman–Crippen LogP) is 11.0. The molecule has 0 spiro atoms. The Morgan fingerprint density at radius 2 is 0.753 bits per heavy atom. The number of carbonyl (C=O) groups excluding carboxylic acids is 9. The molecule has 3 rings (SSSR count). The molecule has 0 bridgehead atoms. The van der Waals surface area contributed by atoms with E-state index in [2.05, 4.69) is 0 Å². The fraction of sp³-hybridized carbons (Fsp3) is 0.591. The first-order valence-electron chi connectivity index (χ1n) is 30.1. The van der Waals surface area contributed by atoms with E-state index in [1.807, 2.05) is 0 Å². The maximum absolute atomic E-state index is 15.9. The van der Waals surface area contributed by atoms with Crippen LogP contribution < -0.4 is 0 Å². The zero-order chi connectivity index (χ0) is 71.1. The molecular weight excluding hydrogens is 1240 g/mol. The summed E-state index contributed by atoms with van der Waals surface area (Å²) >= 11 is 0. The summed E-state index contributed by atoms with van der Waals surface area (Å²) in [5.74, 6) is -10.3. The first-order valence-corrected chi connectivity index (χ1v) is 30.1. The molecule has 27 heteroatoms. The maximum Gasteiger partial charge on any atom is 0.416 e. The first kappa shape index (κ1) is 79.4. The number of ether oxygens (including phenoxy) is 6. The van der Waals surface area contributed by atoms with Crippen LogP contribution in [0.5, 0.6) is 0 Å². The summed E-state index contributed by atoms with van der Waals surface area (Å²) in [4.78, 5) is 130. The number of hydrogen-bond acceptors (Lipinski definition) is 15. The lowest BCUT2D eigenvalue weighted by Crippen LogP contribution is -2.54. The number of rotatable bonds is 30.